The molecule has 0 unspecified atom stereocenters. The topological polar surface area (TPSA) is 85.5 Å². The Morgan fingerprint density at radius 2 is 2.12 bits per heavy atom. The van der Waals surface area contributed by atoms with Gasteiger partial charge in [0.1, 0.15) is 17.8 Å². The lowest BCUT2D eigenvalue weighted by atomic mass is 9.84. The Morgan fingerprint density at radius 1 is 1.28 bits per heavy atom. The molecule has 0 N–H and O–H groups in total. The van der Waals surface area contributed by atoms with Crippen LogP contribution in [0.2, 0.25) is 0 Å². The third-order valence-electron chi connectivity index (χ3n) is 5.93. The number of likely N-dealkylation sites (tertiary alicyclic amines) is 1. The molecule has 11 heteroatoms. The highest BCUT2D eigenvalue weighted by molar-refractivity contribution is 7.20. The molecule has 5 rings (SSSR count). The van der Waals surface area contributed by atoms with E-state index in [1.54, 1.807) is 12.0 Å². The van der Waals surface area contributed by atoms with Gasteiger partial charge in [0.2, 0.25) is 0 Å². The summed E-state index contributed by atoms with van der Waals surface area (Å²) in [5, 5.41) is 4.57. The van der Waals surface area contributed by atoms with Gasteiger partial charge < -0.3 is 9.64 Å². The molecule has 0 saturated carbocycles. The van der Waals surface area contributed by atoms with Crippen LogP contribution in [0.25, 0.3) is 16.0 Å². The molecule has 1 amide bonds. The van der Waals surface area contributed by atoms with Crippen molar-refractivity contribution in [3.63, 3.8) is 0 Å². The summed E-state index contributed by atoms with van der Waals surface area (Å²) in [4.78, 5) is 27.4. The molecular formula is C21H20F2N6O2S. The van der Waals surface area contributed by atoms with Crippen LogP contribution in [0, 0.1) is 5.92 Å². The number of carbonyl (C=O) groups excluding carboxylic acids is 1. The fourth-order valence-corrected chi connectivity index (χ4v) is 5.09. The van der Waals surface area contributed by atoms with Gasteiger partial charge in [-0.05, 0) is 36.6 Å². The number of aromatic nitrogens is 5. The van der Waals surface area contributed by atoms with Crippen molar-refractivity contribution in [2.75, 3.05) is 20.2 Å². The number of benzene rings is 1. The van der Waals surface area contributed by atoms with Crippen LogP contribution in [0.1, 0.15) is 46.9 Å². The number of nitrogens with zero attached hydrogens (tertiary/aromatic N) is 6. The molecule has 1 aliphatic heterocycles. The summed E-state index contributed by atoms with van der Waals surface area (Å²) in [6, 6.07) is 6.87. The second-order valence-electron chi connectivity index (χ2n) is 7.85. The van der Waals surface area contributed by atoms with E-state index in [1.807, 2.05) is 18.2 Å². The number of hydrogen-bond donors (Lipinski definition) is 0. The largest absolute Gasteiger partial charge is 0.497 e. The van der Waals surface area contributed by atoms with Gasteiger partial charge in [-0.1, -0.05) is 6.92 Å². The van der Waals surface area contributed by atoms with Crippen LogP contribution in [0.4, 0.5) is 8.78 Å². The first-order valence-electron chi connectivity index (χ1n) is 10.2. The lowest BCUT2D eigenvalue weighted by Crippen LogP contribution is -2.42. The number of hydrogen-bond acceptors (Lipinski definition) is 7. The zero-order valence-corrected chi connectivity index (χ0v) is 18.2. The minimum Gasteiger partial charge on any atom is -0.497 e. The second-order valence-corrected chi connectivity index (χ2v) is 8.89. The molecule has 8 nitrogen and oxygen atoms in total. The molecule has 2 atom stereocenters. The normalized spacial score (nSPS) is 19.2. The number of piperidine rings is 1. The molecule has 4 heterocycles. The summed E-state index contributed by atoms with van der Waals surface area (Å²) < 4.78 is 34.5. The molecule has 0 spiro atoms. The van der Waals surface area contributed by atoms with E-state index in [0.29, 0.717) is 29.5 Å². The maximum atomic E-state index is 13.4. The average molecular weight is 458 g/mol. The average Bonchev–Trinajstić information content (AvgIpc) is 3.44. The molecule has 32 heavy (non-hydrogen) atoms. The Morgan fingerprint density at radius 3 is 2.91 bits per heavy atom. The smallest absolute Gasteiger partial charge is 0.282 e. The van der Waals surface area contributed by atoms with Crippen LogP contribution in [0.5, 0.6) is 5.75 Å². The third-order valence-corrected chi connectivity index (χ3v) is 6.93. The number of methoxy groups -OCH3 is 1. The van der Waals surface area contributed by atoms with E-state index in [0.717, 1.165) is 16.6 Å². The summed E-state index contributed by atoms with van der Waals surface area (Å²) in [5.41, 5.74) is 0.985. The highest BCUT2D eigenvalue weighted by Crippen LogP contribution is 2.35. The number of rotatable bonds is 4. The molecule has 1 saturated heterocycles. The Bertz CT molecular complexity index is 1310. The van der Waals surface area contributed by atoms with Crippen LogP contribution < -0.4 is 4.74 Å². The van der Waals surface area contributed by atoms with E-state index in [9.17, 15) is 13.6 Å². The van der Waals surface area contributed by atoms with Crippen molar-refractivity contribution >= 4 is 33.2 Å². The van der Waals surface area contributed by atoms with Crippen molar-refractivity contribution in [3.8, 4) is 5.75 Å². The van der Waals surface area contributed by atoms with Gasteiger partial charge in [0.15, 0.2) is 5.01 Å². The van der Waals surface area contributed by atoms with Gasteiger partial charge >= 0.3 is 0 Å². The van der Waals surface area contributed by atoms with Crippen molar-refractivity contribution in [2.45, 2.75) is 25.7 Å². The van der Waals surface area contributed by atoms with Gasteiger partial charge in [0.05, 0.1) is 23.0 Å². The molecule has 0 radical (unpaired) electrons. The van der Waals surface area contributed by atoms with E-state index >= 15 is 0 Å². The third kappa shape index (κ3) is 3.56. The first-order valence-corrected chi connectivity index (χ1v) is 11.0. The first kappa shape index (κ1) is 20.7. The molecule has 1 aliphatic rings. The van der Waals surface area contributed by atoms with Gasteiger partial charge in [0, 0.05) is 19.0 Å². The zero-order valence-electron chi connectivity index (χ0n) is 17.4. The van der Waals surface area contributed by atoms with Gasteiger partial charge in [-0.2, -0.15) is 10.1 Å². The number of halogens is 2. The standard InChI is InChI=1S/C21H20F2N6O2S/c1-11-5-6-28(20(30)19-26-14-4-3-12(31-2)7-17(14)32-19)9-13(11)16-8-15(18(22)23)27-21-24-10-25-29(16)21/h3-4,7-8,10-11,13,18H,5-6,9H2,1-2H3/t11-,13-/m1/s1. The minimum atomic E-state index is -2.72. The molecule has 1 fully saturated rings. The van der Waals surface area contributed by atoms with E-state index in [-0.39, 0.29) is 29.2 Å². The molecule has 4 aromatic rings. The number of alkyl halides is 2. The van der Waals surface area contributed by atoms with Crippen molar-refractivity contribution in [1.29, 1.82) is 0 Å². The molecule has 0 bridgehead atoms. The fourth-order valence-electron chi connectivity index (χ4n) is 4.13. The minimum absolute atomic E-state index is 0.133. The first-order chi connectivity index (χ1) is 15.4. The van der Waals surface area contributed by atoms with E-state index < -0.39 is 6.43 Å². The van der Waals surface area contributed by atoms with Gasteiger partial charge in [-0.25, -0.2) is 23.3 Å². The SMILES string of the molecule is COc1ccc2nc(C(=O)N3CC[C@@H](C)[C@H](c4cc(C(F)F)nc5ncnn45)C3)sc2c1. The maximum Gasteiger partial charge on any atom is 0.282 e. The monoisotopic (exact) mass is 458 g/mol. The molecular weight excluding hydrogens is 438 g/mol. The summed E-state index contributed by atoms with van der Waals surface area (Å²) in [7, 11) is 1.59. The van der Waals surface area contributed by atoms with Crippen LogP contribution in [0.3, 0.4) is 0 Å². The summed E-state index contributed by atoms with van der Waals surface area (Å²) >= 11 is 1.32. The van der Waals surface area contributed by atoms with Gasteiger partial charge in [-0.3, -0.25) is 4.79 Å². The summed E-state index contributed by atoms with van der Waals surface area (Å²) in [6.07, 6.45) is -0.684. The van der Waals surface area contributed by atoms with Crippen LogP contribution in [0.15, 0.2) is 30.6 Å². The van der Waals surface area contributed by atoms with Crippen molar-refractivity contribution < 1.29 is 18.3 Å². The number of carbonyl (C=O) groups is 1. The highest BCUT2D eigenvalue weighted by Gasteiger charge is 2.34. The lowest BCUT2D eigenvalue weighted by Gasteiger charge is -2.37. The van der Waals surface area contributed by atoms with Gasteiger partial charge in [-0.15, -0.1) is 11.3 Å². The predicted octanol–water partition coefficient (Wildman–Crippen LogP) is 3.95. The Kier molecular flexibility index (Phi) is 5.20. The predicted molar refractivity (Wildman–Crippen MR) is 114 cm³/mol. The van der Waals surface area contributed by atoms with Crippen LogP contribution in [-0.2, 0) is 0 Å². The maximum absolute atomic E-state index is 13.4. The van der Waals surface area contributed by atoms with E-state index in [2.05, 4.69) is 27.0 Å². The van der Waals surface area contributed by atoms with Crippen LogP contribution >= 0.6 is 11.3 Å². The Labute approximate surface area is 185 Å². The number of thiazole rings is 1. The molecule has 0 aliphatic carbocycles. The van der Waals surface area contributed by atoms with Crippen molar-refractivity contribution in [2.24, 2.45) is 5.92 Å². The van der Waals surface area contributed by atoms with Gasteiger partial charge in [0.25, 0.3) is 18.1 Å². The number of fused-ring (bicyclic) bond motifs is 2. The summed E-state index contributed by atoms with van der Waals surface area (Å²) in [5.74, 6) is 0.649. The zero-order chi connectivity index (χ0) is 22.4. The number of ether oxygens (including phenoxy) is 1. The molecule has 3 aromatic heterocycles. The number of amides is 1. The van der Waals surface area contributed by atoms with Crippen LogP contribution in [-0.4, -0.2) is 55.6 Å². The second kappa shape index (κ2) is 8.05. The van der Waals surface area contributed by atoms with Crippen molar-refractivity contribution in [1.82, 2.24) is 29.5 Å². The Balaban J connectivity index is 1.47. The van der Waals surface area contributed by atoms with Crippen molar-refractivity contribution in [3.05, 3.63) is 47.0 Å². The summed E-state index contributed by atoms with van der Waals surface area (Å²) in [6.45, 7) is 3.01. The molecule has 166 valence electrons. The lowest BCUT2D eigenvalue weighted by molar-refractivity contribution is 0.0665. The van der Waals surface area contributed by atoms with E-state index in [1.165, 1.54) is 28.2 Å². The quantitative estimate of drug-likeness (QED) is 0.460. The van der Waals surface area contributed by atoms with E-state index in [4.69, 9.17) is 4.74 Å². The Hall–Kier alpha value is -3.21. The highest BCUT2D eigenvalue weighted by atomic mass is 32.1. The fraction of sp³-hybridized carbons (Fsp3) is 0.381. The molecule has 1 aromatic carbocycles.